The third-order valence-electron chi connectivity index (χ3n) is 6.99. The zero-order valence-corrected chi connectivity index (χ0v) is 26.2. The first-order chi connectivity index (χ1) is 20.6. The van der Waals surface area contributed by atoms with E-state index >= 15 is 0 Å². The molecule has 0 radical (unpaired) electrons. The van der Waals surface area contributed by atoms with Gasteiger partial charge < -0.3 is 19.7 Å². The molecule has 0 aliphatic carbocycles. The first-order valence-corrected chi connectivity index (χ1v) is 16.3. The van der Waals surface area contributed by atoms with Crippen LogP contribution in [0, 0.1) is 5.92 Å². The molecule has 9 nitrogen and oxygen atoms in total. The molecule has 1 heterocycles. The number of sulfonamides is 1. The second-order valence-corrected chi connectivity index (χ2v) is 13.3. The second-order valence-electron chi connectivity index (χ2n) is 10.7. The van der Waals surface area contributed by atoms with Crippen LogP contribution in [-0.4, -0.2) is 63.2 Å². The number of hydrogen-bond donors (Lipinski definition) is 1. The molecule has 1 aliphatic heterocycles. The number of nitrogens with zero attached hydrogens (tertiary/aromatic N) is 2. The van der Waals surface area contributed by atoms with Crippen molar-refractivity contribution in [2.75, 3.05) is 36.4 Å². The molecule has 1 aliphatic rings. The minimum Gasteiger partial charge on any atom is -0.486 e. The number of anilines is 1. The molecule has 0 spiro atoms. The molecule has 1 N–H and O–H groups in total. The number of halogens is 1. The minimum absolute atomic E-state index is 0.0488. The van der Waals surface area contributed by atoms with Gasteiger partial charge in [0, 0.05) is 30.6 Å². The predicted octanol–water partition coefficient (Wildman–Crippen LogP) is 4.68. The summed E-state index contributed by atoms with van der Waals surface area (Å²) in [6, 6.07) is 20.3. The third kappa shape index (κ3) is 8.64. The number of ether oxygens (including phenoxy) is 2. The molecule has 4 rings (SSSR count). The van der Waals surface area contributed by atoms with Gasteiger partial charge in [-0.15, -0.1) is 0 Å². The zero-order chi connectivity index (χ0) is 31.0. The van der Waals surface area contributed by atoms with Crippen LogP contribution in [0.25, 0.3) is 0 Å². The van der Waals surface area contributed by atoms with Crippen molar-refractivity contribution in [3.8, 4) is 11.5 Å². The third-order valence-corrected chi connectivity index (χ3v) is 8.97. The highest BCUT2D eigenvalue weighted by Gasteiger charge is 2.34. The average Bonchev–Trinajstić information content (AvgIpc) is 3.00. The highest BCUT2D eigenvalue weighted by molar-refractivity contribution is 7.92. The Morgan fingerprint density at radius 3 is 2.30 bits per heavy atom. The van der Waals surface area contributed by atoms with Gasteiger partial charge in [0.25, 0.3) is 0 Å². The predicted molar refractivity (Wildman–Crippen MR) is 168 cm³/mol. The van der Waals surface area contributed by atoms with Crippen molar-refractivity contribution < 1.29 is 27.5 Å². The fourth-order valence-corrected chi connectivity index (χ4v) is 5.98. The number of hydrogen-bond acceptors (Lipinski definition) is 6. The van der Waals surface area contributed by atoms with Crippen molar-refractivity contribution in [2.24, 2.45) is 5.92 Å². The van der Waals surface area contributed by atoms with Gasteiger partial charge in [-0.2, -0.15) is 0 Å². The van der Waals surface area contributed by atoms with Crippen LogP contribution in [0.3, 0.4) is 0 Å². The van der Waals surface area contributed by atoms with Crippen molar-refractivity contribution >= 4 is 39.1 Å². The Balaban J connectivity index is 1.74. The van der Waals surface area contributed by atoms with E-state index in [0.29, 0.717) is 41.8 Å². The number of carbonyl (C=O) groups excluding carboxylic acids is 2. The Bertz CT molecular complexity index is 1520. The number of nitrogens with one attached hydrogen (secondary N) is 1. The highest BCUT2D eigenvalue weighted by atomic mass is 35.5. The van der Waals surface area contributed by atoms with Crippen LogP contribution in [0.2, 0.25) is 5.02 Å². The van der Waals surface area contributed by atoms with E-state index in [9.17, 15) is 18.0 Å². The van der Waals surface area contributed by atoms with Crippen molar-refractivity contribution in [1.82, 2.24) is 10.2 Å². The van der Waals surface area contributed by atoms with E-state index in [0.717, 1.165) is 9.87 Å². The second kappa shape index (κ2) is 14.6. The van der Waals surface area contributed by atoms with E-state index in [1.807, 2.05) is 50.2 Å². The largest absolute Gasteiger partial charge is 0.486 e. The maximum Gasteiger partial charge on any atom is 0.244 e. The lowest BCUT2D eigenvalue weighted by Crippen LogP contribution is -2.54. The first kappa shape index (κ1) is 32.2. The van der Waals surface area contributed by atoms with Gasteiger partial charge in [-0.05, 0) is 48.2 Å². The monoisotopic (exact) mass is 627 g/mol. The van der Waals surface area contributed by atoms with Crippen LogP contribution in [-0.2, 0) is 32.6 Å². The van der Waals surface area contributed by atoms with Gasteiger partial charge in [0.15, 0.2) is 11.5 Å². The molecule has 0 unspecified atom stereocenters. The van der Waals surface area contributed by atoms with E-state index < -0.39 is 28.5 Å². The Kier molecular flexibility index (Phi) is 10.9. The first-order valence-electron chi connectivity index (χ1n) is 14.3. The number of rotatable bonds is 13. The molecular formula is C32H38ClN3O6S. The highest BCUT2D eigenvalue weighted by Crippen LogP contribution is 2.35. The summed E-state index contributed by atoms with van der Waals surface area (Å²) in [6.45, 7) is 6.18. The molecule has 0 bridgehead atoms. The molecule has 43 heavy (non-hydrogen) atoms. The van der Waals surface area contributed by atoms with Crippen LogP contribution in [0.5, 0.6) is 11.5 Å². The van der Waals surface area contributed by atoms with Crippen LogP contribution in [0.15, 0.2) is 72.8 Å². The van der Waals surface area contributed by atoms with E-state index in [-0.39, 0.29) is 36.2 Å². The molecule has 0 aromatic heterocycles. The van der Waals surface area contributed by atoms with Crippen LogP contribution in [0.1, 0.15) is 31.9 Å². The molecule has 2 amide bonds. The molecule has 3 aromatic rings. The Hall–Kier alpha value is -3.76. The molecule has 0 saturated carbocycles. The lowest BCUT2D eigenvalue weighted by Gasteiger charge is -2.34. The summed E-state index contributed by atoms with van der Waals surface area (Å²) in [5.41, 5.74) is 1.84. The standard InChI is InChI=1S/C32H38ClN3O6S/c1-4-43(39,40)36(27-13-14-29-30(19-27)42-16-15-41-29)22-31(37)35(21-25-11-8-12-26(33)17-25)28(32(38)34-20-23(2)3)18-24-9-6-5-7-10-24/h5-14,17,19,23,28H,4,15-16,18,20-22H2,1-3H3,(H,34,38)/t28-/m1/s1. The van der Waals surface area contributed by atoms with Crippen LogP contribution in [0.4, 0.5) is 5.69 Å². The summed E-state index contributed by atoms with van der Waals surface area (Å²) in [5.74, 6) is 0.00926. The normalized spacial score (nSPS) is 13.3. The number of benzene rings is 3. The van der Waals surface area contributed by atoms with E-state index in [1.165, 1.54) is 11.8 Å². The number of amides is 2. The molecule has 3 aromatic carbocycles. The maximum atomic E-state index is 14.3. The summed E-state index contributed by atoms with van der Waals surface area (Å²) in [6.07, 6.45) is 0.238. The minimum atomic E-state index is -3.91. The molecule has 1 atom stereocenters. The Morgan fingerprint density at radius 1 is 0.930 bits per heavy atom. The van der Waals surface area contributed by atoms with Gasteiger partial charge in [0.2, 0.25) is 21.8 Å². The molecule has 11 heteroatoms. The Morgan fingerprint density at radius 2 is 1.63 bits per heavy atom. The van der Waals surface area contributed by atoms with Crippen molar-refractivity contribution in [3.05, 3.63) is 88.9 Å². The van der Waals surface area contributed by atoms with Gasteiger partial charge in [-0.1, -0.05) is 67.9 Å². The van der Waals surface area contributed by atoms with Gasteiger partial charge >= 0.3 is 0 Å². The maximum absolute atomic E-state index is 14.3. The molecular weight excluding hydrogens is 590 g/mol. The lowest BCUT2D eigenvalue weighted by molar-refractivity contribution is -0.140. The zero-order valence-electron chi connectivity index (χ0n) is 24.7. The summed E-state index contributed by atoms with van der Waals surface area (Å²) < 4.78 is 39.1. The number of carbonyl (C=O) groups is 2. The van der Waals surface area contributed by atoms with E-state index in [1.54, 1.807) is 36.4 Å². The van der Waals surface area contributed by atoms with Crippen molar-refractivity contribution in [1.29, 1.82) is 0 Å². The smallest absolute Gasteiger partial charge is 0.244 e. The Labute approximate surface area is 258 Å². The van der Waals surface area contributed by atoms with Gasteiger partial charge in [0.1, 0.15) is 25.8 Å². The van der Waals surface area contributed by atoms with Gasteiger partial charge in [-0.3, -0.25) is 13.9 Å². The average molecular weight is 628 g/mol. The summed E-state index contributed by atoms with van der Waals surface area (Å²) in [5, 5.41) is 3.46. The van der Waals surface area contributed by atoms with E-state index in [4.69, 9.17) is 21.1 Å². The van der Waals surface area contributed by atoms with Gasteiger partial charge in [-0.25, -0.2) is 8.42 Å². The fraction of sp³-hybridized carbons (Fsp3) is 0.375. The topological polar surface area (TPSA) is 105 Å². The van der Waals surface area contributed by atoms with E-state index in [2.05, 4.69) is 5.32 Å². The molecule has 0 saturated heterocycles. The quantitative estimate of drug-likeness (QED) is 0.295. The van der Waals surface area contributed by atoms with Crippen LogP contribution < -0.4 is 19.1 Å². The van der Waals surface area contributed by atoms with Crippen molar-refractivity contribution in [3.63, 3.8) is 0 Å². The summed E-state index contributed by atoms with van der Waals surface area (Å²) in [7, 11) is -3.91. The summed E-state index contributed by atoms with van der Waals surface area (Å²) >= 11 is 6.27. The molecule has 230 valence electrons. The van der Waals surface area contributed by atoms with Crippen LogP contribution >= 0.6 is 11.6 Å². The van der Waals surface area contributed by atoms with Crippen molar-refractivity contribution in [2.45, 2.75) is 39.8 Å². The summed E-state index contributed by atoms with van der Waals surface area (Å²) in [4.78, 5) is 29.5. The fourth-order valence-electron chi connectivity index (χ4n) is 4.72. The number of fused-ring (bicyclic) bond motifs is 1. The molecule has 0 fully saturated rings. The SMILES string of the molecule is CCS(=O)(=O)N(CC(=O)N(Cc1cccc(Cl)c1)[C@H](Cc1ccccc1)C(=O)NCC(C)C)c1ccc2c(c1)OCCO2. The van der Waals surface area contributed by atoms with Gasteiger partial charge in [0.05, 0.1) is 11.4 Å². The lowest BCUT2D eigenvalue weighted by atomic mass is 10.0.